The number of nitrogens with zero attached hydrogens (tertiary/aromatic N) is 1. The van der Waals surface area contributed by atoms with E-state index in [1.807, 2.05) is 72.8 Å². The summed E-state index contributed by atoms with van der Waals surface area (Å²) in [7, 11) is 0. The Kier molecular flexibility index (Phi) is 7.31. The van der Waals surface area contributed by atoms with Crippen LogP contribution in [0.25, 0.3) is 0 Å². The lowest BCUT2D eigenvalue weighted by Gasteiger charge is -2.37. The Morgan fingerprint density at radius 2 is 1.48 bits per heavy atom. The van der Waals surface area contributed by atoms with E-state index in [-0.39, 0.29) is 5.97 Å². The first kappa shape index (κ1) is 26.1. The third-order valence-electron chi connectivity index (χ3n) is 7.90. The van der Waals surface area contributed by atoms with E-state index in [1.54, 1.807) is 0 Å². The van der Waals surface area contributed by atoms with Crippen LogP contribution in [0.3, 0.4) is 0 Å². The molecule has 0 aliphatic carbocycles. The predicted molar refractivity (Wildman–Crippen MR) is 160 cm³/mol. The zero-order valence-corrected chi connectivity index (χ0v) is 23.3. The Labute approximate surface area is 236 Å². The number of anilines is 2. The van der Waals surface area contributed by atoms with E-state index in [0.29, 0.717) is 11.3 Å². The van der Waals surface area contributed by atoms with Crippen LogP contribution >= 0.6 is 0 Å². The fraction of sp³-hybridized carbons (Fsp3) is 0.286. The van der Waals surface area contributed by atoms with E-state index in [2.05, 4.69) is 42.3 Å². The molecule has 0 radical (unpaired) electrons. The molecule has 5 heteroatoms. The lowest BCUT2D eigenvalue weighted by molar-refractivity contribution is 0.0224. The molecule has 204 valence electrons. The van der Waals surface area contributed by atoms with Gasteiger partial charge in [-0.3, -0.25) is 4.90 Å². The third-order valence-corrected chi connectivity index (χ3v) is 7.90. The van der Waals surface area contributed by atoms with Gasteiger partial charge in [0.15, 0.2) is 5.60 Å². The maximum absolute atomic E-state index is 13.3. The van der Waals surface area contributed by atoms with Gasteiger partial charge in [-0.1, -0.05) is 75.2 Å². The van der Waals surface area contributed by atoms with Crippen LogP contribution in [-0.4, -0.2) is 24.0 Å². The molecule has 4 aromatic rings. The molecule has 0 saturated heterocycles. The Morgan fingerprint density at radius 1 is 0.725 bits per heavy atom. The lowest BCUT2D eigenvalue weighted by atomic mass is 9.77. The maximum atomic E-state index is 13.3. The number of benzene rings is 4. The number of hydrogen-bond acceptors (Lipinski definition) is 5. The smallest absolute Gasteiger partial charge is 0.340 e. The predicted octanol–water partition coefficient (Wildman–Crippen LogP) is 8.40. The number of ether oxygens (including phenoxy) is 2. The van der Waals surface area contributed by atoms with E-state index in [1.165, 1.54) is 31.2 Å². The average molecular weight is 533 g/mol. The molecule has 2 aliphatic heterocycles. The molecule has 0 fully saturated rings. The number of para-hydroxylation sites is 1. The zero-order valence-electron chi connectivity index (χ0n) is 23.3. The average Bonchev–Trinajstić information content (AvgIpc) is 3.28. The highest BCUT2D eigenvalue weighted by atomic mass is 16.6. The van der Waals surface area contributed by atoms with Crippen molar-refractivity contribution in [3.8, 4) is 11.5 Å². The minimum absolute atomic E-state index is 0.315. The second-order valence-electron chi connectivity index (χ2n) is 10.7. The lowest BCUT2D eigenvalue weighted by Crippen LogP contribution is -2.33. The van der Waals surface area contributed by atoms with Gasteiger partial charge in [0.2, 0.25) is 0 Å². The van der Waals surface area contributed by atoms with E-state index >= 15 is 0 Å². The van der Waals surface area contributed by atoms with Crippen molar-refractivity contribution in [1.29, 1.82) is 0 Å². The van der Waals surface area contributed by atoms with Gasteiger partial charge in [0, 0.05) is 34.6 Å². The molecule has 0 saturated carbocycles. The zero-order chi connectivity index (χ0) is 27.5. The van der Waals surface area contributed by atoms with Crippen molar-refractivity contribution in [3.63, 3.8) is 0 Å². The van der Waals surface area contributed by atoms with Gasteiger partial charge in [-0.05, 0) is 74.0 Å². The number of hydrogen-bond donors (Lipinski definition) is 1. The highest BCUT2D eigenvalue weighted by molar-refractivity contribution is 5.97. The fourth-order valence-corrected chi connectivity index (χ4v) is 5.87. The van der Waals surface area contributed by atoms with E-state index < -0.39 is 5.60 Å². The van der Waals surface area contributed by atoms with Crippen molar-refractivity contribution >= 4 is 17.3 Å². The molecule has 1 atom stereocenters. The van der Waals surface area contributed by atoms with E-state index in [4.69, 9.17) is 9.47 Å². The summed E-state index contributed by atoms with van der Waals surface area (Å²) in [5.74, 6) is 1.12. The number of unbranched alkanes of at least 4 members (excludes halogenated alkanes) is 2. The minimum Gasteiger partial charge on any atom is -0.456 e. The summed E-state index contributed by atoms with van der Waals surface area (Å²) in [4.78, 5) is 15.8. The first-order valence-electron chi connectivity index (χ1n) is 14.5. The molecule has 6 rings (SSSR count). The molecule has 2 aliphatic rings. The third kappa shape index (κ3) is 4.75. The Balaban J connectivity index is 1.43. The Bertz CT molecular complexity index is 1510. The number of fused-ring (bicyclic) bond motifs is 6. The molecule has 0 amide bonds. The van der Waals surface area contributed by atoms with Crippen molar-refractivity contribution in [1.82, 2.24) is 4.90 Å². The first-order valence-corrected chi connectivity index (χ1v) is 14.5. The summed E-state index contributed by atoms with van der Waals surface area (Å²) in [5.41, 5.74) is 5.12. The number of rotatable bonds is 10. The van der Waals surface area contributed by atoms with Crippen LogP contribution in [0.15, 0.2) is 91.0 Å². The monoisotopic (exact) mass is 532 g/mol. The molecule has 0 bridgehead atoms. The summed E-state index contributed by atoms with van der Waals surface area (Å²) in [6.45, 7) is 7.52. The number of esters is 1. The SMILES string of the molecule is CCCCN(CCCC)Cc1ccc2c(c1)Oc1ccc(Nc3ccccc3)cc1C21OC(=O)c2ccccc21. The van der Waals surface area contributed by atoms with Crippen molar-refractivity contribution < 1.29 is 14.3 Å². The van der Waals surface area contributed by atoms with Gasteiger partial charge >= 0.3 is 5.97 Å². The molecule has 2 heterocycles. The molecule has 0 aromatic heterocycles. The van der Waals surface area contributed by atoms with Crippen LogP contribution in [0.4, 0.5) is 11.4 Å². The van der Waals surface area contributed by atoms with Gasteiger partial charge in [-0.2, -0.15) is 0 Å². The number of carbonyl (C=O) groups excluding carboxylic acids is 1. The second-order valence-corrected chi connectivity index (χ2v) is 10.7. The van der Waals surface area contributed by atoms with Crippen LogP contribution < -0.4 is 10.1 Å². The molecule has 5 nitrogen and oxygen atoms in total. The summed E-state index contributed by atoms with van der Waals surface area (Å²) < 4.78 is 13.0. The van der Waals surface area contributed by atoms with Crippen LogP contribution in [-0.2, 0) is 16.9 Å². The standard InChI is InChI=1S/C35H36N2O3/c1-3-5-20-37(21-6-4-2)24-25-16-18-30-33(22-25)39-32-19-17-27(36-26-12-8-7-9-13-26)23-31(32)35(30)29-15-11-10-14-28(29)34(38)40-35/h7-19,22-23,36H,3-6,20-21,24H2,1-2H3. The van der Waals surface area contributed by atoms with Crippen LogP contribution in [0.2, 0.25) is 0 Å². The van der Waals surface area contributed by atoms with E-state index in [9.17, 15) is 4.79 Å². The summed E-state index contributed by atoms with van der Waals surface area (Å²) >= 11 is 0. The van der Waals surface area contributed by atoms with Gasteiger partial charge < -0.3 is 14.8 Å². The molecule has 40 heavy (non-hydrogen) atoms. The van der Waals surface area contributed by atoms with Gasteiger partial charge in [0.05, 0.1) is 5.56 Å². The minimum atomic E-state index is -1.08. The summed E-state index contributed by atoms with van der Waals surface area (Å²) in [6.07, 6.45) is 4.74. The molecular weight excluding hydrogens is 496 g/mol. The topological polar surface area (TPSA) is 50.8 Å². The normalized spacial score (nSPS) is 16.7. The van der Waals surface area contributed by atoms with Gasteiger partial charge in [-0.15, -0.1) is 0 Å². The molecule has 1 N–H and O–H groups in total. The number of nitrogens with one attached hydrogen (secondary N) is 1. The van der Waals surface area contributed by atoms with Crippen molar-refractivity contribution in [2.45, 2.75) is 51.7 Å². The Morgan fingerprint density at radius 3 is 2.25 bits per heavy atom. The second kappa shape index (κ2) is 11.2. The van der Waals surface area contributed by atoms with Gasteiger partial charge in [-0.25, -0.2) is 4.79 Å². The highest BCUT2D eigenvalue weighted by Gasteiger charge is 2.53. The van der Waals surface area contributed by atoms with Crippen LogP contribution in [0, 0.1) is 0 Å². The molecule has 1 spiro atoms. The van der Waals surface area contributed by atoms with E-state index in [0.717, 1.165) is 53.4 Å². The van der Waals surface area contributed by atoms with Crippen molar-refractivity contribution in [3.05, 3.63) is 119 Å². The first-order chi connectivity index (χ1) is 19.6. The number of carbonyl (C=O) groups is 1. The van der Waals surface area contributed by atoms with Crippen LogP contribution in [0.1, 0.15) is 72.1 Å². The fourth-order valence-electron chi connectivity index (χ4n) is 5.87. The van der Waals surface area contributed by atoms with Crippen molar-refractivity contribution in [2.24, 2.45) is 0 Å². The summed E-state index contributed by atoms with van der Waals surface area (Å²) in [5, 5.41) is 3.48. The summed E-state index contributed by atoms with van der Waals surface area (Å²) in [6, 6.07) is 30.2. The quantitative estimate of drug-likeness (QED) is 0.208. The van der Waals surface area contributed by atoms with Gasteiger partial charge in [0.25, 0.3) is 0 Å². The van der Waals surface area contributed by atoms with Gasteiger partial charge in [0.1, 0.15) is 11.5 Å². The van der Waals surface area contributed by atoms with Crippen molar-refractivity contribution in [2.75, 3.05) is 18.4 Å². The molecular formula is C35H36N2O3. The largest absolute Gasteiger partial charge is 0.456 e. The maximum Gasteiger partial charge on any atom is 0.340 e. The Hall–Kier alpha value is -4.09. The molecule has 1 unspecified atom stereocenters. The highest BCUT2D eigenvalue weighted by Crippen LogP contribution is 2.56. The van der Waals surface area contributed by atoms with Crippen LogP contribution in [0.5, 0.6) is 11.5 Å². The molecule has 4 aromatic carbocycles.